The maximum atomic E-state index is 5.22. The molecular weight excluding hydrogens is 190 g/mol. The van der Waals surface area contributed by atoms with Crippen LogP contribution in [0.4, 0.5) is 11.8 Å². The van der Waals surface area contributed by atoms with Crippen LogP contribution < -0.4 is 16.6 Å². The largest absolute Gasteiger partial charge is 0.370 e. The quantitative estimate of drug-likeness (QED) is 0.490. The molecule has 0 fully saturated rings. The van der Waals surface area contributed by atoms with Gasteiger partial charge in [-0.05, 0) is 12.0 Å². The monoisotopic (exact) mass is 209 g/mol. The highest BCUT2D eigenvalue weighted by atomic mass is 15.3. The molecule has 4 N–H and O–H groups in total. The van der Waals surface area contributed by atoms with Gasteiger partial charge in [0, 0.05) is 12.7 Å². The third-order valence-electron chi connectivity index (χ3n) is 2.51. The lowest BCUT2D eigenvalue weighted by atomic mass is 10.0. The number of nitrogens with one attached hydrogen (secondary N) is 2. The molecule has 0 atom stereocenters. The van der Waals surface area contributed by atoms with Crippen LogP contribution in [0.5, 0.6) is 0 Å². The van der Waals surface area contributed by atoms with Crippen molar-refractivity contribution in [1.82, 2.24) is 9.97 Å². The molecule has 5 nitrogen and oxygen atoms in total. The Morgan fingerprint density at radius 1 is 1.40 bits per heavy atom. The maximum Gasteiger partial charge on any atom is 0.239 e. The van der Waals surface area contributed by atoms with Gasteiger partial charge in [0.25, 0.3) is 0 Å². The summed E-state index contributed by atoms with van der Waals surface area (Å²) in [6.07, 6.45) is 4.03. The van der Waals surface area contributed by atoms with Crippen LogP contribution in [-0.2, 0) is 0 Å². The second-order valence-corrected chi connectivity index (χ2v) is 3.47. The van der Waals surface area contributed by atoms with Crippen molar-refractivity contribution in [3.8, 4) is 0 Å². The number of aromatic nitrogens is 2. The molecule has 1 rings (SSSR count). The third-order valence-corrected chi connectivity index (χ3v) is 2.51. The van der Waals surface area contributed by atoms with Gasteiger partial charge < -0.3 is 5.32 Å². The van der Waals surface area contributed by atoms with Crippen molar-refractivity contribution in [2.45, 2.75) is 26.7 Å². The number of hydrogen-bond acceptors (Lipinski definition) is 5. The molecule has 1 aromatic heterocycles. The summed E-state index contributed by atoms with van der Waals surface area (Å²) < 4.78 is 0. The highest BCUT2D eigenvalue weighted by Crippen LogP contribution is 2.10. The Balaban J connectivity index is 2.49. The minimum Gasteiger partial charge on any atom is -0.370 e. The van der Waals surface area contributed by atoms with Crippen molar-refractivity contribution >= 4 is 11.8 Å². The Labute approximate surface area is 90.5 Å². The van der Waals surface area contributed by atoms with Crippen LogP contribution in [0.25, 0.3) is 0 Å². The summed E-state index contributed by atoms with van der Waals surface area (Å²) in [6, 6.07) is 1.84. The van der Waals surface area contributed by atoms with Crippen molar-refractivity contribution in [2.75, 3.05) is 17.3 Å². The van der Waals surface area contributed by atoms with Crippen LogP contribution in [-0.4, -0.2) is 16.5 Å². The summed E-state index contributed by atoms with van der Waals surface area (Å²) in [6.45, 7) is 5.33. The molecule has 0 saturated heterocycles. The third kappa shape index (κ3) is 3.71. The molecule has 0 spiro atoms. The van der Waals surface area contributed by atoms with E-state index in [1.165, 1.54) is 12.8 Å². The average molecular weight is 209 g/mol. The Morgan fingerprint density at radius 2 is 2.13 bits per heavy atom. The van der Waals surface area contributed by atoms with E-state index in [9.17, 15) is 0 Å². The van der Waals surface area contributed by atoms with E-state index in [0.29, 0.717) is 11.9 Å². The van der Waals surface area contributed by atoms with E-state index >= 15 is 0 Å². The molecule has 0 saturated carbocycles. The Hall–Kier alpha value is -1.36. The molecule has 0 radical (unpaired) electrons. The molecule has 0 aliphatic carbocycles. The molecule has 1 aromatic rings. The first kappa shape index (κ1) is 11.7. The fraction of sp³-hybridized carbons (Fsp3) is 0.600. The SMILES string of the molecule is CCC(CC)CNc1ccnc(NN)n1. The summed E-state index contributed by atoms with van der Waals surface area (Å²) >= 11 is 0. The predicted octanol–water partition coefficient (Wildman–Crippen LogP) is 1.61. The van der Waals surface area contributed by atoms with Crippen LogP contribution in [0, 0.1) is 5.92 Å². The number of nitrogen functional groups attached to an aromatic ring is 1. The van der Waals surface area contributed by atoms with Crippen LogP contribution in [0.3, 0.4) is 0 Å². The minimum absolute atomic E-state index is 0.435. The number of anilines is 2. The van der Waals surface area contributed by atoms with Crippen LogP contribution >= 0.6 is 0 Å². The molecule has 0 unspecified atom stereocenters. The van der Waals surface area contributed by atoms with Gasteiger partial charge in [0.1, 0.15) is 5.82 Å². The Kier molecular flexibility index (Phi) is 4.83. The zero-order valence-corrected chi connectivity index (χ0v) is 9.33. The normalized spacial score (nSPS) is 10.4. The fourth-order valence-corrected chi connectivity index (χ4v) is 1.35. The molecule has 0 bridgehead atoms. The number of rotatable bonds is 6. The molecule has 84 valence electrons. The molecular formula is C10H19N5. The molecule has 0 aliphatic rings. The van der Waals surface area contributed by atoms with Crippen LogP contribution in [0.15, 0.2) is 12.3 Å². The highest BCUT2D eigenvalue weighted by molar-refractivity contribution is 5.38. The second kappa shape index (κ2) is 6.19. The van der Waals surface area contributed by atoms with Gasteiger partial charge in [0.2, 0.25) is 5.95 Å². The van der Waals surface area contributed by atoms with E-state index in [0.717, 1.165) is 12.4 Å². The molecule has 0 aliphatic heterocycles. The molecule has 15 heavy (non-hydrogen) atoms. The zero-order chi connectivity index (χ0) is 11.1. The number of nitrogens with two attached hydrogens (primary N) is 1. The first-order chi connectivity index (χ1) is 7.30. The van der Waals surface area contributed by atoms with Gasteiger partial charge in [-0.1, -0.05) is 26.7 Å². The summed E-state index contributed by atoms with van der Waals surface area (Å²) in [5, 5.41) is 3.27. The van der Waals surface area contributed by atoms with Crippen LogP contribution in [0.1, 0.15) is 26.7 Å². The average Bonchev–Trinajstić information content (AvgIpc) is 2.31. The lowest BCUT2D eigenvalue weighted by molar-refractivity contribution is 0.518. The van der Waals surface area contributed by atoms with Crippen molar-refractivity contribution in [2.24, 2.45) is 11.8 Å². The van der Waals surface area contributed by atoms with Gasteiger partial charge in [0.15, 0.2) is 0 Å². The van der Waals surface area contributed by atoms with Gasteiger partial charge >= 0.3 is 0 Å². The van der Waals surface area contributed by atoms with Gasteiger partial charge in [0.05, 0.1) is 0 Å². The molecule has 0 amide bonds. The molecule has 1 heterocycles. The number of hydrogen-bond donors (Lipinski definition) is 3. The summed E-state index contributed by atoms with van der Waals surface area (Å²) in [5.41, 5.74) is 2.42. The van der Waals surface area contributed by atoms with E-state index in [1.54, 1.807) is 6.20 Å². The van der Waals surface area contributed by atoms with E-state index in [4.69, 9.17) is 5.84 Å². The maximum absolute atomic E-state index is 5.22. The van der Waals surface area contributed by atoms with Crippen LogP contribution in [0.2, 0.25) is 0 Å². The van der Waals surface area contributed by atoms with Gasteiger partial charge in [-0.25, -0.2) is 10.8 Å². The van der Waals surface area contributed by atoms with Gasteiger partial charge in [-0.2, -0.15) is 4.98 Å². The predicted molar refractivity (Wildman–Crippen MR) is 62.4 cm³/mol. The Bertz CT molecular complexity index is 285. The van der Waals surface area contributed by atoms with Crippen molar-refractivity contribution in [3.05, 3.63) is 12.3 Å². The minimum atomic E-state index is 0.435. The Morgan fingerprint density at radius 3 is 2.73 bits per heavy atom. The number of nitrogens with zero attached hydrogens (tertiary/aromatic N) is 2. The van der Waals surface area contributed by atoms with E-state index < -0.39 is 0 Å². The molecule has 0 aromatic carbocycles. The fourth-order valence-electron chi connectivity index (χ4n) is 1.35. The zero-order valence-electron chi connectivity index (χ0n) is 9.33. The van der Waals surface area contributed by atoms with Gasteiger partial charge in [-0.15, -0.1) is 0 Å². The highest BCUT2D eigenvalue weighted by Gasteiger charge is 2.03. The first-order valence-corrected chi connectivity index (χ1v) is 5.33. The standard InChI is InChI=1S/C10H19N5/c1-3-8(4-2)7-13-9-5-6-12-10(14-9)15-11/h5-6,8H,3-4,7,11H2,1-2H3,(H2,12,13,14,15). The van der Waals surface area contributed by atoms with Crippen molar-refractivity contribution < 1.29 is 0 Å². The van der Waals surface area contributed by atoms with E-state index in [-0.39, 0.29) is 0 Å². The lowest BCUT2D eigenvalue weighted by Gasteiger charge is -2.13. The molecule has 5 heteroatoms. The van der Waals surface area contributed by atoms with Crippen molar-refractivity contribution in [3.63, 3.8) is 0 Å². The van der Waals surface area contributed by atoms with Crippen molar-refractivity contribution in [1.29, 1.82) is 0 Å². The number of hydrazine groups is 1. The van der Waals surface area contributed by atoms with Gasteiger partial charge in [-0.3, -0.25) is 5.43 Å². The first-order valence-electron chi connectivity index (χ1n) is 5.33. The smallest absolute Gasteiger partial charge is 0.239 e. The second-order valence-electron chi connectivity index (χ2n) is 3.47. The lowest BCUT2D eigenvalue weighted by Crippen LogP contribution is -2.15. The summed E-state index contributed by atoms with van der Waals surface area (Å²) in [7, 11) is 0. The topological polar surface area (TPSA) is 75.9 Å². The summed E-state index contributed by atoms with van der Waals surface area (Å²) in [5.74, 6) is 7.16. The van der Waals surface area contributed by atoms with E-state index in [1.807, 2.05) is 6.07 Å². The summed E-state index contributed by atoms with van der Waals surface area (Å²) in [4.78, 5) is 8.11. The van der Waals surface area contributed by atoms with E-state index in [2.05, 4.69) is 34.6 Å².